The summed E-state index contributed by atoms with van der Waals surface area (Å²) in [5, 5.41) is 0. The van der Waals surface area contributed by atoms with Gasteiger partial charge in [-0.25, -0.2) is 0 Å². The Balaban J connectivity index is 0.000000293. The van der Waals surface area contributed by atoms with E-state index in [1.807, 2.05) is 0 Å². The first-order valence-corrected chi connectivity index (χ1v) is 6.94. The minimum absolute atomic E-state index is 0. The van der Waals surface area contributed by atoms with Crippen LogP contribution in [0.4, 0.5) is 0 Å². The van der Waals surface area contributed by atoms with Crippen LogP contribution in [0, 0.1) is 50.4 Å². The Bertz CT molecular complexity index is 555. The summed E-state index contributed by atoms with van der Waals surface area (Å²) >= 11 is 0. The van der Waals surface area contributed by atoms with Crippen molar-refractivity contribution in [1.82, 2.24) is 0 Å². The first-order chi connectivity index (χ1) is 9.11. The molecule has 1 aliphatic rings. The molecule has 0 radical (unpaired) electrons. The van der Waals surface area contributed by atoms with Gasteiger partial charge in [-0.15, -0.1) is 6.07 Å². The molecule has 0 aliphatic heterocycles. The van der Waals surface area contributed by atoms with E-state index in [0.29, 0.717) is 0 Å². The van der Waals surface area contributed by atoms with Crippen LogP contribution < -0.4 is 0 Å². The summed E-state index contributed by atoms with van der Waals surface area (Å²) in [6.07, 6.45) is 3.23. The second-order valence-electron chi connectivity index (χ2n) is 5.40. The van der Waals surface area contributed by atoms with Crippen molar-refractivity contribution in [3.05, 3.63) is 72.5 Å². The molecule has 0 spiro atoms. The standard InChI is InChI=1S/C14H11.C5H11.U/c1-10-6-7-14-12(8-10)9-11-4-2-3-5-13(11)14;1-4-5(2)3;/h2-8H,1,9H2;4-5H,1-3H3;/q2*-1;+2. The maximum atomic E-state index is 3.96. The van der Waals surface area contributed by atoms with Crippen molar-refractivity contribution >= 4 is 0 Å². The molecule has 2 aromatic rings. The number of benzene rings is 2. The fourth-order valence-corrected chi connectivity index (χ4v) is 2.20. The molecule has 0 atom stereocenters. The number of hydrogen-bond acceptors (Lipinski definition) is 0. The van der Waals surface area contributed by atoms with Gasteiger partial charge in [0.05, 0.1) is 0 Å². The van der Waals surface area contributed by atoms with Crippen molar-refractivity contribution in [3.8, 4) is 11.1 Å². The SMILES string of the molecule is C[CH-]C(C)C.[CH2-]c1ccc2c(c1)Cc1ccccc1-2.[U+2]. The molecule has 1 aliphatic carbocycles. The Morgan fingerprint density at radius 2 is 1.60 bits per heavy atom. The van der Waals surface area contributed by atoms with Crippen LogP contribution in [-0.2, 0) is 6.42 Å². The molecule has 0 amide bonds. The smallest absolute Gasteiger partial charge is 0.329 e. The zero-order valence-corrected chi connectivity index (χ0v) is 16.8. The molecule has 0 unspecified atom stereocenters. The topological polar surface area (TPSA) is 0 Å². The zero-order chi connectivity index (χ0) is 13.8. The van der Waals surface area contributed by atoms with E-state index in [2.05, 4.69) is 76.6 Å². The van der Waals surface area contributed by atoms with Gasteiger partial charge >= 0.3 is 31.1 Å². The van der Waals surface area contributed by atoms with Crippen molar-refractivity contribution in [2.45, 2.75) is 27.2 Å². The molecule has 0 heterocycles. The van der Waals surface area contributed by atoms with Crippen LogP contribution in [0.2, 0.25) is 0 Å². The molecule has 3 rings (SSSR count). The van der Waals surface area contributed by atoms with Crippen LogP contribution in [0.1, 0.15) is 37.5 Å². The average Bonchev–Trinajstić information content (AvgIpc) is 2.76. The molecular formula is C19H22U. The predicted molar refractivity (Wildman–Crippen MR) is 84.0 cm³/mol. The van der Waals surface area contributed by atoms with E-state index in [9.17, 15) is 0 Å². The molecule has 2 aromatic carbocycles. The molecule has 0 saturated carbocycles. The van der Waals surface area contributed by atoms with Crippen LogP contribution in [-0.4, -0.2) is 0 Å². The molecule has 0 bridgehead atoms. The predicted octanol–water partition coefficient (Wildman–Crippen LogP) is 5.31. The van der Waals surface area contributed by atoms with Gasteiger partial charge in [0.1, 0.15) is 0 Å². The fraction of sp³-hybridized carbons (Fsp3) is 0.263. The first-order valence-electron chi connectivity index (χ1n) is 6.94. The van der Waals surface area contributed by atoms with Gasteiger partial charge < -0.3 is 6.42 Å². The van der Waals surface area contributed by atoms with Gasteiger partial charge in [0.25, 0.3) is 0 Å². The number of hydrogen-bond donors (Lipinski definition) is 0. The largest absolute Gasteiger partial charge is 2.00 e. The van der Waals surface area contributed by atoms with Crippen molar-refractivity contribution in [2.75, 3.05) is 0 Å². The van der Waals surface area contributed by atoms with Crippen LogP contribution in [0.5, 0.6) is 0 Å². The van der Waals surface area contributed by atoms with Crippen LogP contribution >= 0.6 is 0 Å². The first kappa shape index (κ1) is 17.4. The molecule has 0 saturated heterocycles. The molecule has 0 aromatic heterocycles. The van der Waals surface area contributed by atoms with Crippen LogP contribution in [0.25, 0.3) is 11.1 Å². The number of fused-ring (bicyclic) bond motifs is 3. The summed E-state index contributed by atoms with van der Waals surface area (Å²) < 4.78 is 0. The van der Waals surface area contributed by atoms with E-state index in [1.54, 1.807) is 0 Å². The summed E-state index contributed by atoms with van der Waals surface area (Å²) in [6.45, 7) is 10.4. The van der Waals surface area contributed by atoms with Gasteiger partial charge in [0, 0.05) is 0 Å². The maximum Gasteiger partial charge on any atom is 2.00 e. The van der Waals surface area contributed by atoms with Gasteiger partial charge in [0.15, 0.2) is 0 Å². The summed E-state index contributed by atoms with van der Waals surface area (Å²) in [7, 11) is 0. The summed E-state index contributed by atoms with van der Waals surface area (Å²) in [5.74, 6) is 0.759. The third kappa shape index (κ3) is 4.18. The maximum absolute atomic E-state index is 3.96. The van der Waals surface area contributed by atoms with Gasteiger partial charge in [-0.3, -0.25) is 0 Å². The van der Waals surface area contributed by atoms with E-state index in [1.165, 1.54) is 22.3 Å². The van der Waals surface area contributed by atoms with Gasteiger partial charge in [0.2, 0.25) is 0 Å². The fourth-order valence-electron chi connectivity index (χ4n) is 2.20. The third-order valence-electron chi connectivity index (χ3n) is 3.52. The molecule has 0 fully saturated rings. The van der Waals surface area contributed by atoms with Crippen molar-refractivity contribution in [1.29, 1.82) is 0 Å². The van der Waals surface area contributed by atoms with E-state index in [-0.39, 0.29) is 31.1 Å². The molecular weight excluding hydrogens is 466 g/mol. The summed E-state index contributed by atoms with van der Waals surface area (Å²) in [6, 6.07) is 15.1. The molecule has 1 heteroatoms. The Hall–Kier alpha value is -0.638. The number of rotatable bonds is 1. The zero-order valence-electron chi connectivity index (χ0n) is 12.6. The quantitative estimate of drug-likeness (QED) is 0.408. The minimum atomic E-state index is 0. The Morgan fingerprint density at radius 1 is 1.00 bits per heavy atom. The van der Waals surface area contributed by atoms with Crippen molar-refractivity contribution in [3.63, 3.8) is 0 Å². The second-order valence-corrected chi connectivity index (χ2v) is 5.40. The Kier molecular flexibility index (Phi) is 6.93. The van der Waals surface area contributed by atoms with Gasteiger partial charge in [-0.2, -0.15) is 37.5 Å². The third-order valence-corrected chi connectivity index (χ3v) is 3.52. The van der Waals surface area contributed by atoms with Gasteiger partial charge in [-0.05, 0) is 23.1 Å². The monoisotopic (exact) mass is 488 g/mol. The molecule has 0 N–H and O–H groups in total. The average molecular weight is 488 g/mol. The summed E-state index contributed by atoms with van der Waals surface area (Å²) in [4.78, 5) is 0. The van der Waals surface area contributed by atoms with Crippen LogP contribution in [0.15, 0.2) is 42.5 Å². The van der Waals surface area contributed by atoms with E-state index in [4.69, 9.17) is 0 Å². The molecule has 102 valence electrons. The second kappa shape index (κ2) is 7.96. The Labute approximate surface area is 147 Å². The van der Waals surface area contributed by atoms with E-state index >= 15 is 0 Å². The van der Waals surface area contributed by atoms with Crippen molar-refractivity contribution in [2.24, 2.45) is 5.92 Å². The van der Waals surface area contributed by atoms with Crippen molar-refractivity contribution < 1.29 is 31.1 Å². The molecule has 0 nitrogen and oxygen atoms in total. The Morgan fingerprint density at radius 3 is 2.25 bits per heavy atom. The summed E-state index contributed by atoms with van der Waals surface area (Å²) in [5.41, 5.74) is 6.74. The van der Waals surface area contributed by atoms with E-state index < -0.39 is 0 Å². The molecule has 20 heavy (non-hydrogen) atoms. The van der Waals surface area contributed by atoms with Gasteiger partial charge in [-0.1, -0.05) is 43.7 Å². The normalized spacial score (nSPS) is 11.0. The van der Waals surface area contributed by atoms with Crippen LogP contribution in [0.3, 0.4) is 0 Å². The minimum Gasteiger partial charge on any atom is -0.329 e. The van der Waals surface area contributed by atoms with E-state index in [0.717, 1.165) is 17.9 Å².